The number of fused-ring (bicyclic) bond motifs is 1. The van der Waals surface area contributed by atoms with E-state index in [1.54, 1.807) is 0 Å². The molecule has 0 aliphatic rings. The van der Waals surface area contributed by atoms with Gasteiger partial charge < -0.3 is 0 Å². The minimum Gasteiger partial charge on any atom is -0.121 e. The van der Waals surface area contributed by atoms with Gasteiger partial charge in [0.05, 0.1) is 0 Å². The largest absolute Gasteiger partial charge is 0.121 e. The molecule has 0 saturated heterocycles. The highest BCUT2D eigenvalue weighted by Gasteiger charge is 2.05. The van der Waals surface area contributed by atoms with Gasteiger partial charge in [-0.2, -0.15) is 0 Å². The third kappa shape index (κ3) is 4.89. The number of hydrogen-bond donors (Lipinski definition) is 0. The van der Waals surface area contributed by atoms with E-state index in [0.29, 0.717) is 0 Å². The molecule has 0 radical (unpaired) electrons. The first kappa shape index (κ1) is 20.6. The summed E-state index contributed by atoms with van der Waals surface area (Å²) in [5, 5.41) is 2.62. The molecule has 0 fully saturated rings. The van der Waals surface area contributed by atoms with Gasteiger partial charge in [0, 0.05) is 21.3 Å². The van der Waals surface area contributed by atoms with Crippen molar-refractivity contribution < 1.29 is 0 Å². The van der Waals surface area contributed by atoms with Gasteiger partial charge in [-0.15, -0.1) is 23.5 Å². The van der Waals surface area contributed by atoms with E-state index in [2.05, 4.69) is 98.1 Å². The molecule has 148 valence electrons. The normalized spacial score (nSPS) is 10.8. The van der Waals surface area contributed by atoms with Gasteiger partial charge in [-0.05, 0) is 51.2 Å². The van der Waals surface area contributed by atoms with Crippen molar-refractivity contribution >= 4 is 46.4 Å². The molecular weight excluding hydrogens is 400 g/mol. The monoisotopic (exact) mass is 424 g/mol. The van der Waals surface area contributed by atoms with Crippen molar-refractivity contribution in [3.05, 3.63) is 120 Å². The molecule has 0 amide bonds. The Morgan fingerprint density at radius 1 is 0.700 bits per heavy atom. The Morgan fingerprint density at radius 2 is 1.53 bits per heavy atom. The zero-order valence-corrected chi connectivity index (χ0v) is 18.5. The Labute approximate surface area is 187 Å². The summed E-state index contributed by atoms with van der Waals surface area (Å²) in [6.45, 7) is 7.75. The lowest BCUT2D eigenvalue weighted by atomic mass is 10.1. The molecule has 0 N–H and O–H groups in total. The minimum atomic E-state index is 0.947. The molecule has 0 saturated carbocycles. The van der Waals surface area contributed by atoms with E-state index >= 15 is 0 Å². The van der Waals surface area contributed by atoms with Crippen LogP contribution in [-0.2, 0) is 11.5 Å². The molecule has 0 bridgehead atoms. The quantitative estimate of drug-likeness (QED) is 0.259. The molecule has 30 heavy (non-hydrogen) atoms. The van der Waals surface area contributed by atoms with Gasteiger partial charge in [-0.25, -0.2) is 0 Å². The molecule has 0 atom stereocenters. The molecule has 4 rings (SSSR count). The summed E-state index contributed by atoms with van der Waals surface area (Å²) in [7, 11) is 0. The van der Waals surface area contributed by atoms with Gasteiger partial charge in [0.15, 0.2) is 0 Å². The van der Waals surface area contributed by atoms with Gasteiger partial charge in [-0.3, -0.25) is 0 Å². The summed E-state index contributed by atoms with van der Waals surface area (Å²) in [6, 6.07) is 30.5. The summed E-state index contributed by atoms with van der Waals surface area (Å²) < 4.78 is 0. The number of thioether (sulfide) groups is 2. The van der Waals surface area contributed by atoms with Crippen molar-refractivity contribution in [2.45, 2.75) is 21.3 Å². The van der Waals surface area contributed by atoms with Crippen LogP contribution in [0, 0.1) is 0 Å². The lowest BCUT2D eigenvalue weighted by Crippen LogP contribution is -1.86. The fourth-order valence-electron chi connectivity index (χ4n) is 3.38. The maximum Gasteiger partial charge on any atom is 0.0237 e. The second-order valence-corrected chi connectivity index (χ2v) is 9.13. The van der Waals surface area contributed by atoms with Crippen LogP contribution in [-0.4, -0.2) is 0 Å². The molecule has 2 heteroatoms. The summed E-state index contributed by atoms with van der Waals surface area (Å²) in [4.78, 5) is 2.62. The third-order valence-corrected chi connectivity index (χ3v) is 7.28. The average Bonchev–Trinajstić information content (AvgIpc) is 2.81. The topological polar surface area (TPSA) is 0 Å². The van der Waals surface area contributed by atoms with Crippen LogP contribution in [0.3, 0.4) is 0 Å². The Bertz CT molecular complexity index is 1170. The van der Waals surface area contributed by atoms with E-state index in [-0.39, 0.29) is 0 Å². The minimum absolute atomic E-state index is 0.947. The van der Waals surface area contributed by atoms with Crippen LogP contribution in [0.2, 0.25) is 0 Å². The van der Waals surface area contributed by atoms with E-state index in [4.69, 9.17) is 0 Å². The Hall–Kier alpha value is -2.68. The van der Waals surface area contributed by atoms with E-state index in [1.165, 1.54) is 37.3 Å². The SMILES string of the molecule is C=Cc1ccc(CSc2cccc3cc(SCc4ccccc4C=C)ccc23)cc1. The molecule has 0 nitrogen and oxygen atoms in total. The summed E-state index contributed by atoms with van der Waals surface area (Å²) in [6.07, 6.45) is 3.82. The fourth-order valence-corrected chi connectivity index (χ4v) is 5.38. The first-order chi connectivity index (χ1) is 14.8. The first-order valence-corrected chi connectivity index (χ1v) is 11.9. The highest BCUT2D eigenvalue weighted by molar-refractivity contribution is 7.99. The van der Waals surface area contributed by atoms with Gasteiger partial charge in [0.2, 0.25) is 0 Å². The highest BCUT2D eigenvalue weighted by Crippen LogP contribution is 2.33. The van der Waals surface area contributed by atoms with Crippen molar-refractivity contribution in [3.63, 3.8) is 0 Å². The predicted molar refractivity (Wildman–Crippen MR) is 136 cm³/mol. The average molecular weight is 425 g/mol. The number of benzene rings is 4. The van der Waals surface area contributed by atoms with E-state index in [9.17, 15) is 0 Å². The summed E-state index contributed by atoms with van der Waals surface area (Å²) in [5.41, 5.74) is 5.03. The molecule has 0 heterocycles. The van der Waals surface area contributed by atoms with Crippen LogP contribution in [0.4, 0.5) is 0 Å². The molecule has 0 spiro atoms. The fraction of sp³-hybridized carbons (Fsp3) is 0.0714. The second kappa shape index (κ2) is 9.88. The molecule has 0 aliphatic heterocycles. The van der Waals surface area contributed by atoms with Crippen LogP contribution >= 0.6 is 23.5 Å². The maximum absolute atomic E-state index is 3.93. The first-order valence-electron chi connectivity index (χ1n) is 9.97. The lowest BCUT2D eigenvalue weighted by Gasteiger charge is -2.10. The number of rotatable bonds is 8. The van der Waals surface area contributed by atoms with Crippen LogP contribution in [0.1, 0.15) is 22.3 Å². The summed E-state index contributed by atoms with van der Waals surface area (Å²) in [5.74, 6) is 1.91. The molecule has 0 unspecified atom stereocenters. The zero-order valence-electron chi connectivity index (χ0n) is 16.9. The van der Waals surface area contributed by atoms with E-state index < -0.39 is 0 Å². The van der Waals surface area contributed by atoms with Gasteiger partial charge in [0.1, 0.15) is 0 Å². The molecule has 4 aromatic rings. The predicted octanol–water partition coefficient (Wildman–Crippen LogP) is 8.71. The van der Waals surface area contributed by atoms with Gasteiger partial charge in [-0.1, -0.05) is 92.0 Å². The van der Waals surface area contributed by atoms with Crippen LogP contribution in [0.25, 0.3) is 22.9 Å². The highest BCUT2D eigenvalue weighted by atomic mass is 32.2. The van der Waals surface area contributed by atoms with Crippen LogP contribution < -0.4 is 0 Å². The van der Waals surface area contributed by atoms with Crippen molar-refractivity contribution in [1.29, 1.82) is 0 Å². The molecular formula is C28H24S2. The third-order valence-electron chi connectivity index (χ3n) is 5.09. The Morgan fingerprint density at radius 3 is 2.33 bits per heavy atom. The van der Waals surface area contributed by atoms with Crippen molar-refractivity contribution in [2.24, 2.45) is 0 Å². The Balaban J connectivity index is 1.48. The van der Waals surface area contributed by atoms with Gasteiger partial charge >= 0.3 is 0 Å². The summed E-state index contributed by atoms with van der Waals surface area (Å²) >= 11 is 3.77. The van der Waals surface area contributed by atoms with E-state index in [1.807, 2.05) is 35.7 Å². The second-order valence-electron chi connectivity index (χ2n) is 7.07. The molecule has 4 aromatic carbocycles. The zero-order chi connectivity index (χ0) is 20.8. The van der Waals surface area contributed by atoms with Crippen molar-refractivity contribution in [3.8, 4) is 0 Å². The molecule has 0 aliphatic carbocycles. The van der Waals surface area contributed by atoms with Crippen LogP contribution in [0.5, 0.6) is 0 Å². The standard InChI is InChI=1S/C28H24S2/c1-3-21-12-14-22(15-13-21)19-30-28-11-7-10-24-18-26(16-17-27(24)28)29-20-25-9-6-5-8-23(25)4-2/h3-18H,1-2,19-20H2. The van der Waals surface area contributed by atoms with Crippen molar-refractivity contribution in [2.75, 3.05) is 0 Å². The van der Waals surface area contributed by atoms with E-state index in [0.717, 1.165) is 17.1 Å². The lowest BCUT2D eigenvalue weighted by molar-refractivity contribution is 1.37. The van der Waals surface area contributed by atoms with Gasteiger partial charge in [0.25, 0.3) is 0 Å². The van der Waals surface area contributed by atoms with Crippen LogP contribution in [0.15, 0.2) is 108 Å². The maximum atomic E-state index is 3.93. The smallest absolute Gasteiger partial charge is 0.0237 e. The van der Waals surface area contributed by atoms with Crippen molar-refractivity contribution in [1.82, 2.24) is 0 Å². The number of hydrogen-bond acceptors (Lipinski definition) is 2. The molecule has 0 aromatic heterocycles. The Kier molecular flexibility index (Phi) is 6.78.